The molecule has 0 N–H and O–H groups in total. The molecule has 0 bridgehead atoms. The van der Waals surface area contributed by atoms with Gasteiger partial charge in [0.05, 0.1) is 10.8 Å². The molecule has 0 saturated carbocycles. The van der Waals surface area contributed by atoms with Gasteiger partial charge < -0.3 is 0 Å². The molecule has 1 nitrogen and oxygen atoms in total. The van der Waals surface area contributed by atoms with Crippen LogP contribution in [-0.2, 0) is 10.8 Å². The van der Waals surface area contributed by atoms with Crippen LogP contribution in [-0.4, -0.2) is 10.4 Å². The summed E-state index contributed by atoms with van der Waals surface area (Å²) in [7, 11) is -2.13. The summed E-state index contributed by atoms with van der Waals surface area (Å²) in [6, 6.07) is 5.97. The lowest BCUT2D eigenvalue weighted by Gasteiger charge is -2.02. The minimum Gasteiger partial charge on any atom is -0.250 e. The van der Waals surface area contributed by atoms with Crippen molar-refractivity contribution in [1.82, 2.24) is 0 Å². The number of rotatable bonds is 2. The van der Waals surface area contributed by atoms with Crippen molar-refractivity contribution < 1.29 is 21.8 Å². The van der Waals surface area contributed by atoms with Crippen LogP contribution < -0.4 is 0 Å². The second kappa shape index (κ2) is 4.78. The molecule has 1 aromatic carbocycles. The van der Waals surface area contributed by atoms with E-state index in [9.17, 15) is 21.8 Å². The first-order chi connectivity index (χ1) is 7.30. The zero-order chi connectivity index (χ0) is 12.3. The molecule has 0 aromatic heterocycles. The summed E-state index contributed by atoms with van der Waals surface area (Å²) in [5, 5.41) is 0.0602. The van der Waals surface area contributed by atoms with Crippen molar-refractivity contribution in [1.29, 1.82) is 0 Å². The van der Waals surface area contributed by atoms with Gasteiger partial charge in [0.1, 0.15) is 0 Å². The van der Waals surface area contributed by atoms with Crippen molar-refractivity contribution in [3.8, 4) is 0 Å². The molecule has 88 valence electrons. The van der Waals surface area contributed by atoms with E-state index in [-0.39, 0.29) is 10.3 Å². The number of hydrogen-bond donors (Lipinski definition) is 0. The van der Waals surface area contributed by atoms with Gasteiger partial charge in [0.2, 0.25) is 5.83 Å². The maximum absolute atomic E-state index is 12.5. The summed E-state index contributed by atoms with van der Waals surface area (Å²) in [5.74, 6) is -2.34. The van der Waals surface area contributed by atoms with Gasteiger partial charge in [-0.1, -0.05) is 17.7 Å². The monoisotopic (exact) mass is 252 g/mol. The van der Waals surface area contributed by atoms with Gasteiger partial charge in [-0.3, -0.25) is 0 Å². The molecule has 0 amide bonds. The highest BCUT2D eigenvalue weighted by Gasteiger charge is 2.35. The van der Waals surface area contributed by atoms with Crippen LogP contribution in [0.2, 0.25) is 0 Å². The number of benzene rings is 1. The highest BCUT2D eigenvalue weighted by atomic mass is 32.2. The fraction of sp³-hybridized carbons (Fsp3) is 0.200. The minimum atomic E-state index is -5.08. The zero-order valence-corrected chi connectivity index (χ0v) is 9.03. The fourth-order valence-corrected chi connectivity index (χ4v) is 1.76. The average molecular weight is 252 g/mol. The van der Waals surface area contributed by atoms with E-state index in [1.807, 2.05) is 0 Å². The summed E-state index contributed by atoms with van der Waals surface area (Å²) in [5.41, 5.74) is 0.876. The molecule has 1 atom stereocenters. The first-order valence-electron chi connectivity index (χ1n) is 4.22. The molecule has 0 spiro atoms. The predicted octanol–water partition coefficient (Wildman–Crippen LogP) is 3.48. The predicted molar refractivity (Wildman–Crippen MR) is 52.8 cm³/mol. The quantitative estimate of drug-likeness (QED) is 0.736. The Hall–Kier alpha value is -1.17. The van der Waals surface area contributed by atoms with Crippen LogP contribution in [0.25, 0.3) is 0 Å². The zero-order valence-electron chi connectivity index (χ0n) is 8.22. The van der Waals surface area contributed by atoms with E-state index >= 15 is 0 Å². The molecule has 6 heteroatoms. The van der Waals surface area contributed by atoms with E-state index in [2.05, 4.69) is 0 Å². The molecule has 0 radical (unpaired) electrons. The fourth-order valence-electron chi connectivity index (χ4n) is 0.901. The van der Waals surface area contributed by atoms with Crippen molar-refractivity contribution in [3.63, 3.8) is 0 Å². The standard InChI is InChI=1S/C10H8F4OS/c1-7-2-4-8(5-3-7)16(15)6-9(11)10(12,13)14/h2-6H,1H3/b9-6-. The van der Waals surface area contributed by atoms with E-state index in [4.69, 9.17) is 0 Å². The first-order valence-corrected chi connectivity index (χ1v) is 5.44. The lowest BCUT2D eigenvalue weighted by Crippen LogP contribution is -2.08. The Kier molecular flexibility index (Phi) is 3.85. The van der Waals surface area contributed by atoms with Crippen LogP contribution in [0.5, 0.6) is 0 Å². The maximum atomic E-state index is 12.5. The number of aryl methyl sites for hydroxylation is 1. The summed E-state index contributed by atoms with van der Waals surface area (Å²) in [4.78, 5) is 0.130. The van der Waals surface area contributed by atoms with E-state index in [0.717, 1.165) is 5.56 Å². The van der Waals surface area contributed by atoms with Gasteiger partial charge in [-0.15, -0.1) is 0 Å². The van der Waals surface area contributed by atoms with Crippen LogP contribution in [0.4, 0.5) is 17.6 Å². The molecule has 0 fully saturated rings. The Labute approximate surface area is 92.2 Å². The summed E-state index contributed by atoms with van der Waals surface area (Å²) < 4.78 is 59.2. The van der Waals surface area contributed by atoms with Crippen LogP contribution in [0.3, 0.4) is 0 Å². The molecular formula is C10H8F4OS. The largest absolute Gasteiger partial charge is 0.443 e. The van der Waals surface area contributed by atoms with E-state index < -0.39 is 22.8 Å². The Morgan fingerprint density at radius 2 is 1.75 bits per heavy atom. The van der Waals surface area contributed by atoms with Gasteiger partial charge in [0.15, 0.2) is 0 Å². The van der Waals surface area contributed by atoms with Gasteiger partial charge in [0.25, 0.3) is 0 Å². The molecule has 1 rings (SSSR count). The van der Waals surface area contributed by atoms with Crippen molar-refractivity contribution in [3.05, 3.63) is 41.1 Å². The third-order valence-corrected chi connectivity index (χ3v) is 2.89. The maximum Gasteiger partial charge on any atom is 0.443 e. The van der Waals surface area contributed by atoms with E-state index in [0.29, 0.717) is 0 Å². The van der Waals surface area contributed by atoms with Gasteiger partial charge in [-0.25, -0.2) is 8.60 Å². The van der Waals surface area contributed by atoms with Crippen LogP contribution in [0.15, 0.2) is 40.4 Å². The van der Waals surface area contributed by atoms with Crippen LogP contribution in [0.1, 0.15) is 5.56 Å². The summed E-state index contributed by atoms with van der Waals surface area (Å²) in [6.07, 6.45) is -5.08. The minimum absolute atomic E-state index is 0.0602. The van der Waals surface area contributed by atoms with Gasteiger partial charge in [-0.05, 0) is 19.1 Å². The second-order valence-electron chi connectivity index (χ2n) is 3.07. The number of halogens is 4. The van der Waals surface area contributed by atoms with Crippen molar-refractivity contribution >= 4 is 10.8 Å². The second-order valence-corrected chi connectivity index (χ2v) is 4.38. The number of alkyl halides is 3. The molecule has 1 aromatic rings. The Bertz CT molecular complexity index is 419. The molecule has 0 aliphatic rings. The lowest BCUT2D eigenvalue weighted by atomic mass is 10.2. The SMILES string of the molecule is Cc1ccc(S(=O)/C=C(\F)C(F)(F)F)cc1. The van der Waals surface area contributed by atoms with Gasteiger partial charge >= 0.3 is 6.18 Å². The molecular weight excluding hydrogens is 244 g/mol. The van der Waals surface area contributed by atoms with E-state index in [1.54, 1.807) is 19.1 Å². The molecule has 0 heterocycles. The van der Waals surface area contributed by atoms with Crippen molar-refractivity contribution in [2.45, 2.75) is 18.0 Å². The van der Waals surface area contributed by atoms with Crippen LogP contribution in [0, 0.1) is 6.92 Å². The van der Waals surface area contributed by atoms with Gasteiger partial charge in [0, 0.05) is 10.3 Å². The highest BCUT2D eigenvalue weighted by Crippen LogP contribution is 2.27. The van der Waals surface area contributed by atoms with Crippen LogP contribution >= 0.6 is 0 Å². The molecule has 0 aliphatic heterocycles. The van der Waals surface area contributed by atoms with Crippen molar-refractivity contribution in [2.75, 3.05) is 0 Å². The van der Waals surface area contributed by atoms with E-state index in [1.165, 1.54) is 12.1 Å². The smallest absolute Gasteiger partial charge is 0.250 e. The molecule has 0 aliphatic carbocycles. The summed E-state index contributed by atoms with van der Waals surface area (Å²) in [6.45, 7) is 1.78. The third-order valence-electron chi connectivity index (χ3n) is 1.73. The number of hydrogen-bond acceptors (Lipinski definition) is 1. The van der Waals surface area contributed by atoms with Crippen molar-refractivity contribution in [2.24, 2.45) is 0 Å². The number of allylic oxidation sites excluding steroid dienone is 1. The first kappa shape index (κ1) is 12.9. The van der Waals surface area contributed by atoms with Gasteiger partial charge in [-0.2, -0.15) is 13.2 Å². The topological polar surface area (TPSA) is 17.1 Å². The molecule has 16 heavy (non-hydrogen) atoms. The molecule has 1 unspecified atom stereocenters. The highest BCUT2D eigenvalue weighted by molar-refractivity contribution is 7.88. The lowest BCUT2D eigenvalue weighted by molar-refractivity contribution is -0.108. The molecule has 0 saturated heterocycles. The Morgan fingerprint density at radius 1 is 1.25 bits per heavy atom. The third kappa shape index (κ3) is 3.44. The normalized spacial score (nSPS) is 14.9. The summed E-state index contributed by atoms with van der Waals surface area (Å²) >= 11 is 0. The Morgan fingerprint density at radius 3 is 2.19 bits per heavy atom. The average Bonchev–Trinajstić information content (AvgIpc) is 2.17. The Balaban J connectivity index is 2.92.